The van der Waals surface area contributed by atoms with E-state index in [0.29, 0.717) is 21.4 Å². The smallest absolute Gasteiger partial charge is 0.224 e. The van der Waals surface area contributed by atoms with Crippen LogP contribution in [0.3, 0.4) is 0 Å². The fraction of sp³-hybridized carbons (Fsp3) is 0.250. The summed E-state index contributed by atoms with van der Waals surface area (Å²) in [4.78, 5) is 3.93. The molecule has 122 valence electrons. The summed E-state index contributed by atoms with van der Waals surface area (Å²) in [5, 5.41) is 8.52. The summed E-state index contributed by atoms with van der Waals surface area (Å²) in [5.74, 6) is 0.743. The minimum atomic E-state index is -0.116. The molecule has 3 N–H and O–H groups in total. The van der Waals surface area contributed by atoms with Crippen molar-refractivity contribution in [1.82, 2.24) is 20.1 Å². The number of nitrogens with zero attached hydrogens (tertiary/aromatic N) is 3. The Bertz CT molecular complexity index is 764. The van der Waals surface area contributed by atoms with Gasteiger partial charge in [-0.05, 0) is 43.5 Å². The highest BCUT2D eigenvalue weighted by molar-refractivity contribution is 6.34. The van der Waals surface area contributed by atoms with E-state index in [4.69, 9.17) is 28.9 Å². The largest absolute Gasteiger partial charge is 0.368 e. The fourth-order valence-electron chi connectivity index (χ4n) is 2.11. The summed E-state index contributed by atoms with van der Waals surface area (Å²) in [6, 6.07) is 5.79. The lowest BCUT2D eigenvalue weighted by atomic mass is 10.1. The molecule has 0 aliphatic carbocycles. The molecule has 2 aromatic rings. The maximum Gasteiger partial charge on any atom is 0.224 e. The molecule has 0 amide bonds. The molecule has 0 radical (unpaired) electrons. The third-order valence-electron chi connectivity index (χ3n) is 3.34. The predicted molar refractivity (Wildman–Crippen MR) is 96.1 cm³/mol. The van der Waals surface area contributed by atoms with Gasteiger partial charge in [0.1, 0.15) is 6.33 Å². The number of nitrogen functional groups attached to an aromatic ring is 1. The van der Waals surface area contributed by atoms with Crippen molar-refractivity contribution in [1.29, 1.82) is 0 Å². The van der Waals surface area contributed by atoms with Crippen molar-refractivity contribution < 1.29 is 0 Å². The third-order valence-corrected chi connectivity index (χ3v) is 4.17. The minimum Gasteiger partial charge on any atom is -0.368 e. The Morgan fingerprint density at radius 2 is 2.13 bits per heavy atom. The van der Waals surface area contributed by atoms with Crippen molar-refractivity contribution in [3.8, 4) is 0 Å². The number of hydrogen-bond acceptors (Lipinski definition) is 4. The molecule has 0 spiro atoms. The molecule has 0 bridgehead atoms. The Hall–Kier alpha value is -1.98. The molecule has 0 saturated carbocycles. The van der Waals surface area contributed by atoms with Crippen molar-refractivity contribution in [2.45, 2.75) is 26.8 Å². The molecule has 7 heteroatoms. The molecule has 23 heavy (non-hydrogen) atoms. The first kappa shape index (κ1) is 17.4. The Labute approximate surface area is 145 Å². The highest BCUT2D eigenvalue weighted by Crippen LogP contribution is 2.28. The summed E-state index contributed by atoms with van der Waals surface area (Å²) in [6.07, 6.45) is 1.36. The van der Waals surface area contributed by atoms with E-state index >= 15 is 0 Å². The van der Waals surface area contributed by atoms with Gasteiger partial charge in [0.05, 0.1) is 11.1 Å². The second kappa shape index (κ2) is 7.06. The Morgan fingerprint density at radius 3 is 2.65 bits per heavy atom. The highest BCUT2D eigenvalue weighted by Gasteiger charge is 2.17. The van der Waals surface area contributed by atoms with Crippen molar-refractivity contribution in [3.05, 3.63) is 57.9 Å². The van der Waals surface area contributed by atoms with Gasteiger partial charge in [-0.2, -0.15) is 14.8 Å². The number of nitrogens with two attached hydrogens (primary N) is 1. The van der Waals surface area contributed by atoms with Gasteiger partial charge in [-0.1, -0.05) is 41.9 Å². The first-order valence-corrected chi connectivity index (χ1v) is 7.81. The number of benzene rings is 1. The van der Waals surface area contributed by atoms with Crippen LogP contribution in [0.25, 0.3) is 5.82 Å². The van der Waals surface area contributed by atoms with Crippen LogP contribution in [0.15, 0.2) is 41.7 Å². The van der Waals surface area contributed by atoms with Crippen LogP contribution in [0.1, 0.15) is 31.0 Å². The van der Waals surface area contributed by atoms with Gasteiger partial charge in [0, 0.05) is 5.02 Å². The summed E-state index contributed by atoms with van der Waals surface area (Å²) in [7, 11) is 0. The SMILES string of the molecule is C=C(C)/C(Cl)=C(/N[C@@H](C)c1ccc(C)cc1Cl)n1ncnc1N. The molecule has 0 unspecified atom stereocenters. The lowest BCUT2D eigenvalue weighted by Gasteiger charge is -2.21. The molecule has 0 saturated heterocycles. The average Bonchev–Trinajstić information content (AvgIpc) is 2.89. The predicted octanol–water partition coefficient (Wildman–Crippen LogP) is 4.11. The lowest BCUT2D eigenvalue weighted by molar-refractivity contribution is 0.658. The topological polar surface area (TPSA) is 68.8 Å². The third kappa shape index (κ3) is 3.86. The van der Waals surface area contributed by atoms with Crippen LogP contribution in [0.5, 0.6) is 0 Å². The molecule has 1 aromatic carbocycles. The van der Waals surface area contributed by atoms with Crippen LogP contribution in [-0.4, -0.2) is 14.8 Å². The monoisotopic (exact) mass is 351 g/mol. The summed E-state index contributed by atoms with van der Waals surface area (Å²) in [5.41, 5.74) is 8.57. The molecule has 0 aliphatic heterocycles. The number of anilines is 1. The van der Waals surface area contributed by atoms with Gasteiger partial charge in [-0.3, -0.25) is 0 Å². The molecular formula is C16H19Cl2N5. The fourth-order valence-corrected chi connectivity index (χ4v) is 2.64. The van der Waals surface area contributed by atoms with E-state index < -0.39 is 0 Å². The van der Waals surface area contributed by atoms with E-state index in [-0.39, 0.29) is 12.0 Å². The van der Waals surface area contributed by atoms with E-state index in [9.17, 15) is 0 Å². The molecule has 1 aromatic heterocycles. The van der Waals surface area contributed by atoms with Gasteiger partial charge in [-0.25, -0.2) is 0 Å². The second-order valence-corrected chi connectivity index (χ2v) is 6.15. The van der Waals surface area contributed by atoms with Gasteiger partial charge >= 0.3 is 0 Å². The zero-order valence-corrected chi connectivity index (χ0v) is 14.8. The normalized spacial score (nSPS) is 13.4. The standard InChI is InChI=1S/C16H19Cl2N5/c1-9(2)14(18)15(23-16(19)20-8-21-23)22-11(4)12-6-5-10(3)7-13(12)17/h5-8,11,22H,1H2,2-4H3,(H2,19,20,21)/b15-14+/t11-/m0/s1. The molecule has 0 fully saturated rings. The van der Waals surface area contributed by atoms with E-state index in [0.717, 1.165) is 11.1 Å². The molecule has 1 atom stereocenters. The molecule has 1 heterocycles. The van der Waals surface area contributed by atoms with Crippen molar-refractivity contribution in [2.24, 2.45) is 0 Å². The van der Waals surface area contributed by atoms with Gasteiger partial charge < -0.3 is 11.1 Å². The van der Waals surface area contributed by atoms with E-state index in [1.807, 2.05) is 32.0 Å². The zero-order valence-electron chi connectivity index (χ0n) is 13.3. The number of allylic oxidation sites excluding steroid dienone is 2. The van der Waals surface area contributed by atoms with Gasteiger partial charge in [-0.15, -0.1) is 0 Å². The van der Waals surface area contributed by atoms with Gasteiger partial charge in [0.2, 0.25) is 5.95 Å². The first-order valence-electron chi connectivity index (χ1n) is 7.05. The second-order valence-electron chi connectivity index (χ2n) is 5.36. The van der Waals surface area contributed by atoms with Crippen LogP contribution in [0, 0.1) is 6.92 Å². The average molecular weight is 352 g/mol. The Balaban J connectivity index is 2.41. The zero-order chi connectivity index (χ0) is 17.1. The number of halogens is 2. The van der Waals surface area contributed by atoms with Crippen molar-refractivity contribution in [3.63, 3.8) is 0 Å². The molecule has 2 rings (SSSR count). The number of aromatic nitrogens is 3. The Kier molecular flexibility index (Phi) is 5.34. The Morgan fingerprint density at radius 1 is 1.43 bits per heavy atom. The van der Waals surface area contributed by atoms with Crippen molar-refractivity contribution >= 4 is 35.0 Å². The van der Waals surface area contributed by atoms with Crippen LogP contribution < -0.4 is 11.1 Å². The minimum absolute atomic E-state index is 0.116. The molecule has 0 aliphatic rings. The first-order chi connectivity index (χ1) is 10.8. The quantitative estimate of drug-likeness (QED) is 0.795. The molecule has 5 nitrogen and oxygen atoms in total. The number of hydrogen-bond donors (Lipinski definition) is 2. The number of nitrogens with one attached hydrogen (secondary N) is 1. The number of aryl methyl sites for hydroxylation is 1. The maximum absolute atomic E-state index is 6.38. The van der Waals surface area contributed by atoms with E-state index in [1.54, 1.807) is 6.92 Å². The molecular weight excluding hydrogens is 333 g/mol. The number of rotatable bonds is 5. The summed E-state index contributed by atoms with van der Waals surface area (Å²) in [6.45, 7) is 9.64. The lowest BCUT2D eigenvalue weighted by Crippen LogP contribution is -2.24. The van der Waals surface area contributed by atoms with Crippen molar-refractivity contribution in [2.75, 3.05) is 5.73 Å². The van der Waals surface area contributed by atoms with Crippen LogP contribution >= 0.6 is 23.2 Å². The van der Waals surface area contributed by atoms with Gasteiger partial charge in [0.25, 0.3) is 0 Å². The summed E-state index contributed by atoms with van der Waals surface area (Å²) >= 11 is 12.7. The highest BCUT2D eigenvalue weighted by atomic mass is 35.5. The van der Waals surface area contributed by atoms with Crippen LogP contribution in [0.4, 0.5) is 5.95 Å². The summed E-state index contributed by atoms with van der Waals surface area (Å²) < 4.78 is 1.44. The van der Waals surface area contributed by atoms with E-state index in [1.165, 1.54) is 11.0 Å². The van der Waals surface area contributed by atoms with E-state index in [2.05, 4.69) is 22.0 Å². The van der Waals surface area contributed by atoms with Crippen LogP contribution in [-0.2, 0) is 0 Å². The van der Waals surface area contributed by atoms with Crippen LogP contribution in [0.2, 0.25) is 5.02 Å². The van der Waals surface area contributed by atoms with Gasteiger partial charge in [0.15, 0.2) is 5.82 Å². The maximum atomic E-state index is 6.38.